The fourth-order valence-electron chi connectivity index (χ4n) is 2.84. The van der Waals surface area contributed by atoms with Gasteiger partial charge in [-0.15, -0.1) is 0 Å². The third-order valence-corrected chi connectivity index (χ3v) is 4.45. The van der Waals surface area contributed by atoms with Crippen LogP contribution < -0.4 is 14.8 Å². The number of ketones is 1. The second kappa shape index (κ2) is 9.87. The lowest BCUT2D eigenvalue weighted by Crippen LogP contribution is -2.45. The summed E-state index contributed by atoms with van der Waals surface area (Å²) in [5, 5.41) is 2.61. The molecule has 1 aliphatic carbocycles. The number of carbonyl (C=O) groups excluding carboxylic acids is 2. The van der Waals surface area contributed by atoms with Crippen molar-refractivity contribution < 1.29 is 28.5 Å². The highest BCUT2D eigenvalue weighted by Gasteiger charge is 2.36. The minimum atomic E-state index is -1.32. The minimum absolute atomic E-state index is 0.193. The number of amides is 1. The quantitative estimate of drug-likeness (QED) is 0.642. The lowest BCUT2D eigenvalue weighted by atomic mass is 10.0. The molecular formula is C23H23NO6. The van der Waals surface area contributed by atoms with Gasteiger partial charge in [0.25, 0.3) is 5.91 Å². The average molecular weight is 409 g/mol. The van der Waals surface area contributed by atoms with E-state index in [-0.39, 0.29) is 18.1 Å². The molecule has 3 rings (SSSR count). The molecule has 0 aromatic heterocycles. The van der Waals surface area contributed by atoms with E-state index >= 15 is 0 Å². The third kappa shape index (κ3) is 5.34. The van der Waals surface area contributed by atoms with Crippen molar-refractivity contribution in [1.82, 2.24) is 5.32 Å². The first-order chi connectivity index (χ1) is 14.5. The van der Waals surface area contributed by atoms with Crippen LogP contribution in [0.3, 0.4) is 0 Å². The first-order valence-corrected chi connectivity index (χ1v) is 9.30. The predicted octanol–water partition coefficient (Wildman–Crippen LogP) is 2.77. The molecule has 7 nitrogen and oxygen atoms in total. The Morgan fingerprint density at radius 3 is 2.20 bits per heavy atom. The molecule has 0 unspecified atom stereocenters. The number of nitrogens with one attached hydrogen (secondary N) is 1. The Kier molecular flexibility index (Phi) is 7.00. The van der Waals surface area contributed by atoms with Crippen molar-refractivity contribution in [2.75, 3.05) is 20.8 Å². The molecule has 0 saturated heterocycles. The number of hydrogen-bond donors (Lipinski definition) is 1. The van der Waals surface area contributed by atoms with Gasteiger partial charge in [-0.3, -0.25) is 9.59 Å². The summed E-state index contributed by atoms with van der Waals surface area (Å²) in [5.41, 5.74) is 1.27. The van der Waals surface area contributed by atoms with Gasteiger partial charge in [0, 0.05) is 20.3 Å². The lowest BCUT2D eigenvalue weighted by Gasteiger charge is -2.31. The third-order valence-electron chi connectivity index (χ3n) is 4.45. The van der Waals surface area contributed by atoms with E-state index in [2.05, 4.69) is 5.32 Å². The van der Waals surface area contributed by atoms with Crippen LogP contribution in [0.1, 0.15) is 5.56 Å². The number of methoxy groups -OCH3 is 2. The van der Waals surface area contributed by atoms with E-state index in [4.69, 9.17) is 18.9 Å². The zero-order valence-corrected chi connectivity index (χ0v) is 16.8. The standard InChI is InChI=1S/C23H23NO6/c1-27-23(28-2)13-12-18(25)14-21(23)24-22(26)16-30-20-10-8-19(9-11-20)29-15-17-6-4-3-5-7-17/h3-14H,15-16H2,1-2H3,(H,24,26). The van der Waals surface area contributed by atoms with Gasteiger partial charge in [-0.05, 0) is 42.0 Å². The van der Waals surface area contributed by atoms with Crippen molar-refractivity contribution in [2.24, 2.45) is 0 Å². The smallest absolute Gasteiger partial charge is 0.262 e. The van der Waals surface area contributed by atoms with Crippen LogP contribution in [0.2, 0.25) is 0 Å². The van der Waals surface area contributed by atoms with Gasteiger partial charge in [-0.2, -0.15) is 0 Å². The van der Waals surface area contributed by atoms with Gasteiger partial charge >= 0.3 is 0 Å². The van der Waals surface area contributed by atoms with E-state index in [1.165, 1.54) is 32.4 Å². The molecule has 0 spiro atoms. The first kappa shape index (κ1) is 21.3. The summed E-state index contributed by atoms with van der Waals surface area (Å²) < 4.78 is 21.9. The highest BCUT2D eigenvalue weighted by atomic mass is 16.7. The van der Waals surface area contributed by atoms with Gasteiger partial charge < -0.3 is 24.3 Å². The molecular weight excluding hydrogens is 386 g/mol. The Labute approximate surface area is 174 Å². The highest BCUT2D eigenvalue weighted by molar-refractivity contribution is 6.01. The monoisotopic (exact) mass is 409 g/mol. The fourth-order valence-corrected chi connectivity index (χ4v) is 2.84. The summed E-state index contributed by atoms with van der Waals surface area (Å²) in [6.07, 6.45) is 4.02. The van der Waals surface area contributed by atoms with E-state index in [1.807, 2.05) is 30.3 Å². The van der Waals surface area contributed by atoms with Crippen molar-refractivity contribution in [1.29, 1.82) is 0 Å². The number of allylic oxidation sites excluding steroid dienone is 2. The van der Waals surface area contributed by atoms with Crippen LogP contribution in [0.5, 0.6) is 11.5 Å². The molecule has 2 aromatic rings. The lowest BCUT2D eigenvalue weighted by molar-refractivity contribution is -0.151. The molecule has 0 saturated carbocycles. The number of carbonyl (C=O) groups is 2. The summed E-state index contributed by atoms with van der Waals surface area (Å²) in [7, 11) is 2.84. The van der Waals surface area contributed by atoms with Crippen LogP contribution in [-0.2, 0) is 25.7 Å². The summed E-state index contributed by atoms with van der Waals surface area (Å²) in [6.45, 7) is 0.218. The van der Waals surface area contributed by atoms with Gasteiger partial charge in [0.15, 0.2) is 12.4 Å². The normalized spacial score (nSPS) is 14.7. The zero-order valence-electron chi connectivity index (χ0n) is 16.8. The van der Waals surface area contributed by atoms with Crippen LogP contribution in [0.4, 0.5) is 0 Å². The maximum atomic E-state index is 12.3. The topological polar surface area (TPSA) is 83.1 Å². The van der Waals surface area contributed by atoms with Crippen LogP contribution in [0, 0.1) is 0 Å². The van der Waals surface area contributed by atoms with Gasteiger partial charge in [0.2, 0.25) is 5.79 Å². The Bertz CT molecular complexity index is 930. The maximum absolute atomic E-state index is 12.3. The van der Waals surface area contributed by atoms with Gasteiger partial charge in [-0.25, -0.2) is 0 Å². The molecule has 0 radical (unpaired) electrons. The van der Waals surface area contributed by atoms with E-state index in [9.17, 15) is 9.59 Å². The second-order valence-corrected chi connectivity index (χ2v) is 6.45. The first-order valence-electron chi connectivity index (χ1n) is 9.30. The average Bonchev–Trinajstić information content (AvgIpc) is 2.78. The van der Waals surface area contributed by atoms with Crippen molar-refractivity contribution >= 4 is 11.7 Å². The van der Waals surface area contributed by atoms with Crippen LogP contribution >= 0.6 is 0 Å². The summed E-state index contributed by atoms with van der Waals surface area (Å²) in [4.78, 5) is 24.0. The van der Waals surface area contributed by atoms with Crippen molar-refractivity contribution in [3.8, 4) is 11.5 Å². The van der Waals surface area contributed by atoms with E-state index in [1.54, 1.807) is 24.3 Å². The summed E-state index contributed by atoms with van der Waals surface area (Å²) in [5.74, 6) is -0.843. The van der Waals surface area contributed by atoms with Gasteiger partial charge in [0.05, 0.1) is 5.70 Å². The maximum Gasteiger partial charge on any atom is 0.262 e. The SMILES string of the molecule is COC1(OC)C=CC(=O)C=C1NC(=O)COc1ccc(OCc2ccccc2)cc1. The minimum Gasteiger partial charge on any atom is -0.489 e. The molecule has 0 heterocycles. The molecule has 7 heteroatoms. The van der Waals surface area contributed by atoms with Crippen LogP contribution in [-0.4, -0.2) is 38.3 Å². The van der Waals surface area contributed by atoms with Gasteiger partial charge in [-0.1, -0.05) is 30.3 Å². The van der Waals surface area contributed by atoms with E-state index in [0.717, 1.165) is 5.56 Å². The molecule has 0 bridgehead atoms. The molecule has 1 aliphatic rings. The van der Waals surface area contributed by atoms with E-state index < -0.39 is 11.7 Å². The number of benzene rings is 2. The van der Waals surface area contributed by atoms with Crippen molar-refractivity contribution in [3.05, 3.63) is 84.1 Å². The highest BCUT2D eigenvalue weighted by Crippen LogP contribution is 2.25. The molecule has 0 fully saturated rings. The van der Waals surface area contributed by atoms with Crippen molar-refractivity contribution in [3.63, 3.8) is 0 Å². The molecule has 1 amide bonds. The fraction of sp³-hybridized carbons (Fsp3) is 0.217. The Hall–Kier alpha value is -3.42. The molecule has 2 aromatic carbocycles. The molecule has 156 valence electrons. The Morgan fingerprint density at radius 2 is 1.57 bits per heavy atom. The second-order valence-electron chi connectivity index (χ2n) is 6.45. The summed E-state index contributed by atoms with van der Waals surface area (Å²) in [6, 6.07) is 16.8. The summed E-state index contributed by atoms with van der Waals surface area (Å²) >= 11 is 0. The van der Waals surface area contributed by atoms with Crippen LogP contribution in [0.25, 0.3) is 0 Å². The van der Waals surface area contributed by atoms with Crippen molar-refractivity contribution in [2.45, 2.75) is 12.4 Å². The van der Waals surface area contributed by atoms with Gasteiger partial charge in [0.1, 0.15) is 18.1 Å². The predicted molar refractivity (Wildman–Crippen MR) is 110 cm³/mol. The Balaban J connectivity index is 1.51. The van der Waals surface area contributed by atoms with E-state index in [0.29, 0.717) is 18.1 Å². The molecule has 0 aliphatic heterocycles. The molecule has 0 atom stereocenters. The zero-order chi connectivity index (χ0) is 21.4. The Morgan fingerprint density at radius 1 is 0.933 bits per heavy atom. The molecule has 1 N–H and O–H groups in total. The number of rotatable bonds is 9. The number of ether oxygens (including phenoxy) is 4. The van der Waals surface area contributed by atoms with Crippen LogP contribution in [0.15, 0.2) is 78.5 Å². The largest absolute Gasteiger partial charge is 0.489 e. The molecule has 30 heavy (non-hydrogen) atoms. The number of hydrogen-bond acceptors (Lipinski definition) is 6.